The Kier molecular flexibility index (Phi) is 4.18. The molecule has 4 heteroatoms. The number of nitrogens with zero attached hydrogens (tertiary/aromatic N) is 1. The fourth-order valence-corrected chi connectivity index (χ4v) is 2.59. The van der Waals surface area contributed by atoms with E-state index >= 15 is 0 Å². The first-order valence-electron chi connectivity index (χ1n) is 7.19. The van der Waals surface area contributed by atoms with Gasteiger partial charge in [-0.3, -0.25) is 4.90 Å². The summed E-state index contributed by atoms with van der Waals surface area (Å²) in [4.78, 5) is 2.35. The molecule has 2 aromatic rings. The topological polar surface area (TPSA) is 38.5 Å². The summed E-state index contributed by atoms with van der Waals surface area (Å²) in [6.07, 6.45) is 1.07. The lowest BCUT2D eigenvalue weighted by Crippen LogP contribution is -2.26. The third kappa shape index (κ3) is 3.80. The Morgan fingerprint density at radius 1 is 1.14 bits per heavy atom. The van der Waals surface area contributed by atoms with Gasteiger partial charge in [-0.25, -0.2) is 4.39 Å². The summed E-state index contributed by atoms with van der Waals surface area (Å²) in [6, 6.07) is 14.4. The lowest BCUT2D eigenvalue weighted by Gasteiger charge is -2.15. The van der Waals surface area contributed by atoms with Crippen LogP contribution in [0.25, 0.3) is 0 Å². The molecule has 0 saturated carbocycles. The van der Waals surface area contributed by atoms with Crippen LogP contribution in [0.3, 0.4) is 0 Å². The molecule has 1 heterocycles. The van der Waals surface area contributed by atoms with Gasteiger partial charge >= 0.3 is 0 Å². The fraction of sp³-hybridized carbons (Fsp3) is 0.294. The molecule has 0 aromatic heterocycles. The molecule has 1 saturated heterocycles. The van der Waals surface area contributed by atoms with E-state index in [1.807, 2.05) is 24.3 Å². The number of ether oxygens (including phenoxy) is 1. The molecule has 1 aliphatic heterocycles. The van der Waals surface area contributed by atoms with Gasteiger partial charge in [0.15, 0.2) is 0 Å². The number of halogens is 1. The smallest absolute Gasteiger partial charge is 0.130 e. The highest BCUT2D eigenvalue weighted by Gasteiger charge is 2.18. The predicted molar refractivity (Wildman–Crippen MR) is 80.8 cm³/mol. The maximum absolute atomic E-state index is 13.1. The highest BCUT2D eigenvalue weighted by atomic mass is 19.1. The molecule has 110 valence electrons. The van der Waals surface area contributed by atoms with Crippen LogP contribution in [-0.2, 0) is 6.54 Å². The van der Waals surface area contributed by atoms with Crippen LogP contribution in [0.5, 0.6) is 11.5 Å². The lowest BCUT2D eigenvalue weighted by atomic mass is 10.2. The minimum Gasteiger partial charge on any atom is -0.457 e. The van der Waals surface area contributed by atoms with Crippen molar-refractivity contribution in [1.82, 2.24) is 4.90 Å². The Hall–Kier alpha value is -1.91. The number of hydrogen-bond donors (Lipinski definition) is 1. The van der Waals surface area contributed by atoms with Gasteiger partial charge in [-0.1, -0.05) is 18.2 Å². The van der Waals surface area contributed by atoms with Crippen molar-refractivity contribution in [3.63, 3.8) is 0 Å². The van der Waals surface area contributed by atoms with Crippen LogP contribution in [0.15, 0.2) is 48.5 Å². The SMILES string of the molecule is NC1CCN(Cc2ccc(Oc3cccc(F)c3)cc2)C1. The average molecular weight is 286 g/mol. The molecule has 2 aromatic carbocycles. The third-order valence-electron chi connectivity index (χ3n) is 3.67. The Morgan fingerprint density at radius 3 is 2.62 bits per heavy atom. The van der Waals surface area contributed by atoms with Gasteiger partial charge in [-0.05, 0) is 36.2 Å². The Morgan fingerprint density at radius 2 is 1.95 bits per heavy atom. The monoisotopic (exact) mass is 286 g/mol. The molecule has 3 rings (SSSR count). The number of likely N-dealkylation sites (tertiary alicyclic amines) is 1. The van der Waals surface area contributed by atoms with Crippen LogP contribution in [-0.4, -0.2) is 24.0 Å². The average Bonchev–Trinajstić information content (AvgIpc) is 2.86. The standard InChI is InChI=1S/C17H19FN2O/c18-14-2-1-3-17(10-14)21-16-6-4-13(5-7-16)11-20-9-8-15(19)12-20/h1-7,10,15H,8-9,11-12,19H2. The van der Waals surface area contributed by atoms with Gasteiger partial charge in [0.1, 0.15) is 17.3 Å². The van der Waals surface area contributed by atoms with Crippen molar-refractivity contribution in [2.45, 2.75) is 19.0 Å². The van der Waals surface area contributed by atoms with Crippen molar-refractivity contribution in [3.8, 4) is 11.5 Å². The van der Waals surface area contributed by atoms with E-state index in [1.165, 1.54) is 17.7 Å². The molecule has 21 heavy (non-hydrogen) atoms. The summed E-state index contributed by atoms with van der Waals surface area (Å²) < 4.78 is 18.7. The minimum absolute atomic E-state index is 0.297. The molecule has 3 nitrogen and oxygen atoms in total. The van der Waals surface area contributed by atoms with Crippen molar-refractivity contribution in [2.75, 3.05) is 13.1 Å². The second-order valence-corrected chi connectivity index (χ2v) is 5.49. The van der Waals surface area contributed by atoms with Crippen LogP contribution in [0, 0.1) is 5.82 Å². The molecule has 0 spiro atoms. The van der Waals surface area contributed by atoms with Crippen LogP contribution in [0.2, 0.25) is 0 Å². The quantitative estimate of drug-likeness (QED) is 0.938. The maximum atomic E-state index is 13.1. The Bertz CT molecular complexity index is 600. The number of benzene rings is 2. The number of nitrogens with two attached hydrogens (primary N) is 1. The first kappa shape index (κ1) is 14.0. The normalized spacial score (nSPS) is 18.9. The van der Waals surface area contributed by atoms with E-state index in [9.17, 15) is 4.39 Å². The molecule has 1 aliphatic rings. The zero-order chi connectivity index (χ0) is 14.7. The van der Waals surface area contributed by atoms with Gasteiger partial charge in [-0.15, -0.1) is 0 Å². The Labute approximate surface area is 124 Å². The lowest BCUT2D eigenvalue weighted by molar-refractivity contribution is 0.327. The molecule has 1 unspecified atom stereocenters. The van der Waals surface area contributed by atoms with E-state index in [2.05, 4.69) is 4.90 Å². The molecule has 1 atom stereocenters. The van der Waals surface area contributed by atoms with Crippen LogP contribution >= 0.6 is 0 Å². The van der Waals surface area contributed by atoms with Gasteiger partial charge in [0, 0.05) is 31.7 Å². The Balaban J connectivity index is 1.61. The van der Waals surface area contributed by atoms with Crippen molar-refractivity contribution < 1.29 is 9.13 Å². The van der Waals surface area contributed by atoms with Gasteiger partial charge in [0.2, 0.25) is 0 Å². The van der Waals surface area contributed by atoms with E-state index in [0.717, 1.165) is 26.1 Å². The van der Waals surface area contributed by atoms with Crippen molar-refractivity contribution >= 4 is 0 Å². The molecule has 0 aliphatic carbocycles. The first-order chi connectivity index (χ1) is 10.2. The number of rotatable bonds is 4. The van der Waals surface area contributed by atoms with Crippen LogP contribution in [0.1, 0.15) is 12.0 Å². The maximum Gasteiger partial charge on any atom is 0.130 e. The molecular weight excluding hydrogens is 267 g/mol. The molecule has 1 fully saturated rings. The third-order valence-corrected chi connectivity index (χ3v) is 3.67. The van der Waals surface area contributed by atoms with Gasteiger partial charge in [0.25, 0.3) is 0 Å². The predicted octanol–water partition coefficient (Wildman–Crippen LogP) is 3.15. The summed E-state index contributed by atoms with van der Waals surface area (Å²) in [5, 5.41) is 0. The molecule has 2 N–H and O–H groups in total. The van der Waals surface area contributed by atoms with Crippen molar-refractivity contribution in [2.24, 2.45) is 5.73 Å². The zero-order valence-electron chi connectivity index (χ0n) is 11.8. The number of hydrogen-bond acceptors (Lipinski definition) is 3. The molecule has 0 bridgehead atoms. The highest BCUT2D eigenvalue weighted by Crippen LogP contribution is 2.23. The van der Waals surface area contributed by atoms with Crippen molar-refractivity contribution in [1.29, 1.82) is 0 Å². The molecular formula is C17H19FN2O. The minimum atomic E-state index is -0.297. The first-order valence-corrected chi connectivity index (χ1v) is 7.19. The molecule has 0 amide bonds. The highest BCUT2D eigenvalue weighted by molar-refractivity contribution is 5.33. The van der Waals surface area contributed by atoms with Crippen molar-refractivity contribution in [3.05, 3.63) is 59.9 Å². The summed E-state index contributed by atoms with van der Waals surface area (Å²) >= 11 is 0. The van der Waals surface area contributed by atoms with E-state index in [4.69, 9.17) is 10.5 Å². The second-order valence-electron chi connectivity index (χ2n) is 5.49. The van der Waals surface area contributed by atoms with Gasteiger partial charge in [0.05, 0.1) is 0 Å². The van der Waals surface area contributed by atoms with Crippen LogP contribution in [0.4, 0.5) is 4.39 Å². The van der Waals surface area contributed by atoms with Gasteiger partial charge < -0.3 is 10.5 Å². The fourth-order valence-electron chi connectivity index (χ4n) is 2.59. The van der Waals surface area contributed by atoms with E-state index in [-0.39, 0.29) is 5.82 Å². The summed E-state index contributed by atoms with van der Waals surface area (Å²) in [7, 11) is 0. The van der Waals surface area contributed by atoms with Gasteiger partial charge in [-0.2, -0.15) is 0 Å². The largest absolute Gasteiger partial charge is 0.457 e. The molecule has 0 radical (unpaired) electrons. The summed E-state index contributed by atoms with van der Waals surface area (Å²) in [6.45, 7) is 2.93. The van der Waals surface area contributed by atoms with Crippen LogP contribution < -0.4 is 10.5 Å². The van der Waals surface area contributed by atoms with E-state index in [0.29, 0.717) is 17.5 Å². The zero-order valence-corrected chi connectivity index (χ0v) is 11.8. The van der Waals surface area contributed by atoms with E-state index < -0.39 is 0 Å². The summed E-state index contributed by atoms with van der Waals surface area (Å²) in [5.41, 5.74) is 7.14. The van der Waals surface area contributed by atoms with E-state index in [1.54, 1.807) is 12.1 Å². The second kappa shape index (κ2) is 6.24. The summed E-state index contributed by atoms with van der Waals surface area (Å²) in [5.74, 6) is 0.922.